The Hall–Kier alpha value is -1.59. The number of carbonyl (C=O) groups excluding carboxylic acids is 1. The lowest BCUT2D eigenvalue weighted by molar-refractivity contribution is -0.166. The van der Waals surface area contributed by atoms with Gasteiger partial charge in [-0.05, 0) is 30.5 Å². The molecule has 1 saturated carbocycles. The van der Waals surface area contributed by atoms with Gasteiger partial charge in [-0.3, -0.25) is 4.90 Å². The molecule has 1 aliphatic heterocycles. The zero-order valence-electron chi connectivity index (χ0n) is 15.5. The second kappa shape index (κ2) is 7.75. The van der Waals surface area contributed by atoms with E-state index in [1.165, 1.54) is 39.2 Å². The molecule has 1 aromatic rings. The molecule has 0 unspecified atom stereocenters. The molecule has 0 N–H and O–H groups in total. The van der Waals surface area contributed by atoms with Crippen LogP contribution >= 0.6 is 0 Å². The molecule has 5 nitrogen and oxygen atoms in total. The fourth-order valence-corrected chi connectivity index (χ4v) is 4.46. The van der Waals surface area contributed by atoms with Crippen molar-refractivity contribution >= 4 is 5.97 Å². The minimum atomic E-state index is -0.944. The first kappa shape index (κ1) is 18.2. The summed E-state index contributed by atoms with van der Waals surface area (Å²) in [6.45, 7) is 1.41. The molecule has 2 aliphatic rings. The summed E-state index contributed by atoms with van der Waals surface area (Å²) >= 11 is 0. The van der Waals surface area contributed by atoms with E-state index >= 15 is 0 Å². The van der Waals surface area contributed by atoms with Gasteiger partial charge in [0.05, 0.1) is 14.2 Å². The number of hydrogen-bond donors (Lipinski definition) is 0. The summed E-state index contributed by atoms with van der Waals surface area (Å²) in [4.78, 5) is 15.1. The molecule has 2 atom stereocenters. The van der Waals surface area contributed by atoms with Gasteiger partial charge in [0.15, 0.2) is 5.60 Å². The third-order valence-electron chi connectivity index (χ3n) is 5.92. The van der Waals surface area contributed by atoms with Crippen LogP contribution in [0, 0.1) is 0 Å². The second-order valence-corrected chi connectivity index (χ2v) is 7.13. The van der Waals surface area contributed by atoms with Crippen LogP contribution in [-0.2, 0) is 14.3 Å². The van der Waals surface area contributed by atoms with Crippen molar-refractivity contribution in [1.82, 2.24) is 4.90 Å². The third-order valence-corrected chi connectivity index (χ3v) is 5.92. The van der Waals surface area contributed by atoms with E-state index in [1.54, 1.807) is 14.2 Å². The van der Waals surface area contributed by atoms with Crippen molar-refractivity contribution in [3.05, 3.63) is 29.8 Å². The quantitative estimate of drug-likeness (QED) is 0.767. The number of esters is 1. The SMILES string of the molecule is COC(=O)[C@]1(OC)CN(C2CCCCC2)C[C@H]1c1ccc(OC)cc1. The molecule has 25 heavy (non-hydrogen) atoms. The van der Waals surface area contributed by atoms with E-state index in [9.17, 15) is 4.79 Å². The van der Waals surface area contributed by atoms with Gasteiger partial charge < -0.3 is 14.2 Å². The summed E-state index contributed by atoms with van der Waals surface area (Å²) in [6.07, 6.45) is 6.27. The molecule has 1 saturated heterocycles. The van der Waals surface area contributed by atoms with Gasteiger partial charge in [0.1, 0.15) is 5.75 Å². The Morgan fingerprint density at radius 2 is 1.76 bits per heavy atom. The van der Waals surface area contributed by atoms with E-state index < -0.39 is 5.60 Å². The van der Waals surface area contributed by atoms with Crippen molar-refractivity contribution in [3.8, 4) is 5.75 Å². The van der Waals surface area contributed by atoms with Gasteiger partial charge in [0.25, 0.3) is 0 Å². The molecule has 1 heterocycles. The predicted octanol–water partition coefficient (Wildman–Crippen LogP) is 2.99. The maximum absolute atomic E-state index is 12.7. The summed E-state index contributed by atoms with van der Waals surface area (Å²) in [5.74, 6) is 0.485. The van der Waals surface area contributed by atoms with E-state index in [1.807, 2.05) is 24.3 Å². The zero-order valence-corrected chi connectivity index (χ0v) is 15.5. The number of carbonyl (C=O) groups is 1. The monoisotopic (exact) mass is 347 g/mol. The Morgan fingerprint density at radius 1 is 1.08 bits per heavy atom. The molecule has 0 amide bonds. The topological polar surface area (TPSA) is 48.0 Å². The Kier molecular flexibility index (Phi) is 5.64. The minimum absolute atomic E-state index is 0.0437. The number of benzene rings is 1. The van der Waals surface area contributed by atoms with Crippen molar-refractivity contribution in [2.75, 3.05) is 34.4 Å². The summed E-state index contributed by atoms with van der Waals surface area (Å²) in [5.41, 5.74) is 0.146. The van der Waals surface area contributed by atoms with Gasteiger partial charge in [0, 0.05) is 32.2 Å². The van der Waals surface area contributed by atoms with Crippen LogP contribution in [0.4, 0.5) is 0 Å². The molecule has 0 bridgehead atoms. The van der Waals surface area contributed by atoms with Crippen LogP contribution in [0.1, 0.15) is 43.6 Å². The predicted molar refractivity (Wildman–Crippen MR) is 95.9 cm³/mol. The van der Waals surface area contributed by atoms with Gasteiger partial charge >= 0.3 is 5.97 Å². The first-order valence-electron chi connectivity index (χ1n) is 9.16. The molecule has 2 fully saturated rings. The number of likely N-dealkylation sites (tertiary alicyclic amines) is 1. The van der Waals surface area contributed by atoms with Crippen LogP contribution < -0.4 is 4.74 Å². The molecule has 1 aliphatic carbocycles. The first-order valence-corrected chi connectivity index (χ1v) is 9.16. The van der Waals surface area contributed by atoms with Gasteiger partial charge in [-0.15, -0.1) is 0 Å². The molecule has 5 heteroatoms. The third kappa shape index (κ3) is 3.40. The average Bonchev–Trinajstić information content (AvgIpc) is 3.09. The van der Waals surface area contributed by atoms with Crippen LogP contribution in [0.25, 0.3) is 0 Å². The molecular formula is C20H29NO4. The molecule has 0 radical (unpaired) electrons. The van der Waals surface area contributed by atoms with Crippen LogP contribution in [0.2, 0.25) is 0 Å². The number of methoxy groups -OCH3 is 3. The zero-order chi connectivity index (χ0) is 17.9. The maximum atomic E-state index is 12.7. The number of ether oxygens (including phenoxy) is 3. The highest BCUT2D eigenvalue weighted by molar-refractivity contribution is 5.82. The fraction of sp³-hybridized carbons (Fsp3) is 0.650. The molecule has 0 spiro atoms. The van der Waals surface area contributed by atoms with Gasteiger partial charge in [-0.1, -0.05) is 31.4 Å². The van der Waals surface area contributed by atoms with Crippen molar-refractivity contribution in [2.24, 2.45) is 0 Å². The molecule has 3 rings (SSSR count). The van der Waals surface area contributed by atoms with E-state index in [4.69, 9.17) is 14.2 Å². The lowest BCUT2D eigenvalue weighted by Gasteiger charge is -2.32. The second-order valence-electron chi connectivity index (χ2n) is 7.13. The smallest absolute Gasteiger partial charge is 0.340 e. The maximum Gasteiger partial charge on any atom is 0.340 e. The van der Waals surface area contributed by atoms with E-state index in [0.717, 1.165) is 17.9 Å². The average molecular weight is 347 g/mol. The van der Waals surface area contributed by atoms with E-state index in [0.29, 0.717) is 12.6 Å². The van der Waals surface area contributed by atoms with Crippen LogP contribution in [0.3, 0.4) is 0 Å². The highest BCUT2D eigenvalue weighted by atomic mass is 16.6. The van der Waals surface area contributed by atoms with E-state index in [2.05, 4.69) is 4.90 Å². The highest BCUT2D eigenvalue weighted by Gasteiger charge is 2.55. The fourth-order valence-electron chi connectivity index (χ4n) is 4.46. The highest BCUT2D eigenvalue weighted by Crippen LogP contribution is 2.42. The van der Waals surface area contributed by atoms with Gasteiger partial charge in [-0.25, -0.2) is 4.79 Å². The van der Waals surface area contributed by atoms with Crippen molar-refractivity contribution < 1.29 is 19.0 Å². The standard InChI is InChI=1S/C20H29NO4/c1-23-17-11-9-15(10-12-17)18-13-21(16-7-5-4-6-8-16)14-20(18,25-3)19(22)24-2/h9-12,16,18H,4-8,13-14H2,1-3H3/t18-,20-/m0/s1. The Labute approximate surface area is 150 Å². The van der Waals surface area contributed by atoms with E-state index in [-0.39, 0.29) is 11.9 Å². The van der Waals surface area contributed by atoms with Gasteiger partial charge in [0.2, 0.25) is 0 Å². The lowest BCUT2D eigenvalue weighted by Crippen LogP contribution is -2.49. The van der Waals surface area contributed by atoms with Gasteiger partial charge in [-0.2, -0.15) is 0 Å². The Morgan fingerprint density at radius 3 is 2.32 bits per heavy atom. The molecule has 1 aromatic carbocycles. The minimum Gasteiger partial charge on any atom is -0.497 e. The summed E-state index contributed by atoms with van der Waals surface area (Å²) < 4.78 is 16.3. The summed E-state index contributed by atoms with van der Waals surface area (Å²) in [5, 5.41) is 0. The normalized spacial score (nSPS) is 28.0. The Bertz CT molecular complexity index is 582. The van der Waals surface area contributed by atoms with Crippen LogP contribution in [-0.4, -0.2) is 56.9 Å². The lowest BCUT2D eigenvalue weighted by atomic mass is 9.84. The largest absolute Gasteiger partial charge is 0.497 e. The van der Waals surface area contributed by atoms with Crippen LogP contribution in [0.5, 0.6) is 5.75 Å². The number of rotatable bonds is 5. The summed E-state index contributed by atoms with van der Waals surface area (Å²) in [7, 11) is 4.72. The van der Waals surface area contributed by atoms with Crippen LogP contribution in [0.15, 0.2) is 24.3 Å². The molecular weight excluding hydrogens is 318 g/mol. The van der Waals surface area contributed by atoms with Crippen molar-refractivity contribution in [2.45, 2.75) is 49.7 Å². The first-order chi connectivity index (χ1) is 12.1. The molecule has 138 valence electrons. The van der Waals surface area contributed by atoms with Crippen molar-refractivity contribution in [1.29, 1.82) is 0 Å². The van der Waals surface area contributed by atoms with Crippen molar-refractivity contribution in [3.63, 3.8) is 0 Å². The molecule has 0 aromatic heterocycles. The summed E-state index contributed by atoms with van der Waals surface area (Å²) in [6, 6.07) is 8.48. The number of hydrogen-bond acceptors (Lipinski definition) is 5. The Balaban J connectivity index is 1.91. The number of nitrogens with zero attached hydrogens (tertiary/aromatic N) is 1.